The molecule has 0 atom stereocenters. The number of carbonyl (C=O) groups is 2. The summed E-state index contributed by atoms with van der Waals surface area (Å²) in [7, 11) is 0. The zero-order chi connectivity index (χ0) is 16.4. The van der Waals surface area contributed by atoms with E-state index in [0.717, 1.165) is 5.56 Å². The van der Waals surface area contributed by atoms with Crippen LogP contribution < -0.4 is 10.6 Å². The summed E-state index contributed by atoms with van der Waals surface area (Å²) in [6, 6.07) is 12.4. The molecule has 6 nitrogen and oxygen atoms in total. The predicted octanol–water partition coefficient (Wildman–Crippen LogP) is 3.35. The molecule has 0 aliphatic rings. The second-order valence-corrected chi connectivity index (χ2v) is 5.21. The third kappa shape index (κ3) is 3.37. The van der Waals surface area contributed by atoms with Gasteiger partial charge in [0.05, 0.1) is 0 Å². The van der Waals surface area contributed by atoms with Crippen LogP contribution in [0.25, 0.3) is 11.1 Å². The van der Waals surface area contributed by atoms with E-state index in [2.05, 4.69) is 15.6 Å². The molecule has 1 heterocycles. The van der Waals surface area contributed by atoms with Crippen LogP contribution in [-0.4, -0.2) is 16.8 Å². The Hall–Kier alpha value is -3.15. The fraction of sp³-hybridized carbons (Fsp3) is 0.118. The van der Waals surface area contributed by atoms with E-state index in [1.165, 1.54) is 6.92 Å². The lowest BCUT2D eigenvalue weighted by Gasteiger charge is -2.01. The maximum Gasteiger partial charge on any atom is 0.302 e. The Kier molecular flexibility index (Phi) is 3.80. The number of hydrogen-bond acceptors (Lipinski definition) is 4. The third-order valence-corrected chi connectivity index (χ3v) is 3.21. The summed E-state index contributed by atoms with van der Waals surface area (Å²) >= 11 is 0. The molecule has 2 N–H and O–H groups in total. The molecule has 0 spiro atoms. The van der Waals surface area contributed by atoms with Gasteiger partial charge in [-0.3, -0.25) is 14.9 Å². The Bertz CT molecular complexity index is 899. The SMILES string of the molecule is CC(=O)Nc1ccc2nc(NC(=O)c3cccc(C)c3)oc2c1. The van der Waals surface area contributed by atoms with E-state index >= 15 is 0 Å². The molecule has 0 unspecified atom stereocenters. The van der Waals surface area contributed by atoms with Gasteiger partial charge in [-0.15, -0.1) is 0 Å². The molecular formula is C17H15N3O3. The lowest BCUT2D eigenvalue weighted by atomic mass is 10.1. The van der Waals surface area contributed by atoms with Crippen LogP contribution in [0, 0.1) is 6.92 Å². The highest BCUT2D eigenvalue weighted by molar-refractivity contribution is 6.03. The van der Waals surface area contributed by atoms with Crippen molar-refractivity contribution in [3.05, 3.63) is 53.6 Å². The smallest absolute Gasteiger partial charge is 0.302 e. The fourth-order valence-electron chi connectivity index (χ4n) is 2.21. The van der Waals surface area contributed by atoms with Crippen molar-refractivity contribution in [2.45, 2.75) is 13.8 Å². The van der Waals surface area contributed by atoms with Crippen LogP contribution in [0.5, 0.6) is 0 Å². The number of rotatable bonds is 3. The summed E-state index contributed by atoms with van der Waals surface area (Å²) in [5.41, 5.74) is 3.22. The molecule has 1 aromatic heterocycles. The molecule has 2 aromatic carbocycles. The van der Waals surface area contributed by atoms with E-state index < -0.39 is 0 Å². The normalized spacial score (nSPS) is 10.5. The molecular weight excluding hydrogens is 294 g/mol. The van der Waals surface area contributed by atoms with Gasteiger partial charge in [0.2, 0.25) is 5.91 Å². The zero-order valence-corrected chi connectivity index (χ0v) is 12.7. The number of benzene rings is 2. The van der Waals surface area contributed by atoms with Crippen molar-refractivity contribution in [1.82, 2.24) is 4.98 Å². The quantitative estimate of drug-likeness (QED) is 0.777. The number of nitrogens with zero attached hydrogens (tertiary/aromatic N) is 1. The summed E-state index contributed by atoms with van der Waals surface area (Å²) in [6.07, 6.45) is 0. The molecule has 3 aromatic rings. The zero-order valence-electron chi connectivity index (χ0n) is 12.7. The van der Waals surface area contributed by atoms with Crippen molar-refractivity contribution in [2.75, 3.05) is 10.6 Å². The molecule has 0 bridgehead atoms. The van der Waals surface area contributed by atoms with Gasteiger partial charge in [-0.25, -0.2) is 0 Å². The van der Waals surface area contributed by atoms with E-state index in [-0.39, 0.29) is 17.8 Å². The van der Waals surface area contributed by atoms with Gasteiger partial charge in [0.25, 0.3) is 5.91 Å². The molecule has 0 saturated heterocycles. The Morgan fingerprint density at radius 3 is 2.65 bits per heavy atom. The molecule has 23 heavy (non-hydrogen) atoms. The summed E-state index contributed by atoms with van der Waals surface area (Å²) in [4.78, 5) is 27.5. The average Bonchev–Trinajstić information content (AvgIpc) is 2.88. The largest absolute Gasteiger partial charge is 0.423 e. The molecule has 0 fully saturated rings. The minimum absolute atomic E-state index is 0.117. The first kappa shape index (κ1) is 14.8. The van der Waals surface area contributed by atoms with Crippen molar-refractivity contribution in [1.29, 1.82) is 0 Å². The number of amides is 2. The Labute approximate surface area is 132 Å². The topological polar surface area (TPSA) is 84.2 Å². The first-order valence-electron chi connectivity index (χ1n) is 7.07. The number of oxazole rings is 1. The number of fused-ring (bicyclic) bond motifs is 1. The molecule has 3 rings (SSSR count). The maximum atomic E-state index is 12.2. The lowest BCUT2D eigenvalue weighted by molar-refractivity contribution is -0.114. The highest BCUT2D eigenvalue weighted by Crippen LogP contribution is 2.23. The highest BCUT2D eigenvalue weighted by atomic mass is 16.4. The van der Waals surface area contributed by atoms with E-state index in [4.69, 9.17) is 4.42 Å². The number of carbonyl (C=O) groups excluding carboxylic acids is 2. The van der Waals surface area contributed by atoms with Gasteiger partial charge >= 0.3 is 6.01 Å². The van der Waals surface area contributed by atoms with Gasteiger partial charge < -0.3 is 9.73 Å². The van der Waals surface area contributed by atoms with E-state index in [1.54, 1.807) is 30.3 Å². The number of anilines is 2. The monoisotopic (exact) mass is 309 g/mol. The number of hydrogen-bond donors (Lipinski definition) is 2. The predicted molar refractivity (Wildman–Crippen MR) is 87.4 cm³/mol. The Morgan fingerprint density at radius 1 is 1.09 bits per heavy atom. The second-order valence-electron chi connectivity index (χ2n) is 5.21. The van der Waals surface area contributed by atoms with E-state index in [1.807, 2.05) is 19.1 Å². The summed E-state index contributed by atoms with van der Waals surface area (Å²) in [5, 5.41) is 5.30. The van der Waals surface area contributed by atoms with Crippen molar-refractivity contribution in [3.8, 4) is 0 Å². The second kappa shape index (κ2) is 5.92. The van der Waals surface area contributed by atoms with Gasteiger partial charge in [0.1, 0.15) is 5.52 Å². The minimum Gasteiger partial charge on any atom is -0.423 e. The molecule has 6 heteroatoms. The van der Waals surface area contributed by atoms with Gasteiger partial charge in [-0.2, -0.15) is 4.98 Å². The minimum atomic E-state index is -0.289. The van der Waals surface area contributed by atoms with Crippen LogP contribution in [0.4, 0.5) is 11.7 Å². The van der Waals surface area contributed by atoms with Crippen LogP contribution in [0.2, 0.25) is 0 Å². The molecule has 116 valence electrons. The van der Waals surface area contributed by atoms with Crippen LogP contribution in [0.3, 0.4) is 0 Å². The van der Waals surface area contributed by atoms with Gasteiger partial charge in [0, 0.05) is 24.2 Å². The molecule has 0 radical (unpaired) electrons. The Morgan fingerprint density at radius 2 is 1.91 bits per heavy atom. The Balaban J connectivity index is 1.83. The molecule has 0 saturated carbocycles. The average molecular weight is 309 g/mol. The van der Waals surface area contributed by atoms with Crippen molar-refractivity contribution in [3.63, 3.8) is 0 Å². The highest BCUT2D eigenvalue weighted by Gasteiger charge is 2.12. The van der Waals surface area contributed by atoms with Crippen LogP contribution in [0.15, 0.2) is 46.9 Å². The van der Waals surface area contributed by atoms with Crippen LogP contribution in [0.1, 0.15) is 22.8 Å². The van der Waals surface area contributed by atoms with E-state index in [9.17, 15) is 9.59 Å². The van der Waals surface area contributed by atoms with Crippen molar-refractivity contribution < 1.29 is 14.0 Å². The lowest BCUT2D eigenvalue weighted by Crippen LogP contribution is -2.12. The van der Waals surface area contributed by atoms with Gasteiger partial charge in [0.15, 0.2) is 5.58 Å². The van der Waals surface area contributed by atoms with Gasteiger partial charge in [-0.1, -0.05) is 17.7 Å². The fourth-order valence-corrected chi connectivity index (χ4v) is 2.21. The number of aryl methyl sites for hydroxylation is 1. The molecule has 0 aliphatic heterocycles. The third-order valence-electron chi connectivity index (χ3n) is 3.21. The summed E-state index contributed by atoms with van der Waals surface area (Å²) in [6.45, 7) is 3.35. The molecule has 2 amide bonds. The van der Waals surface area contributed by atoms with Crippen LogP contribution >= 0.6 is 0 Å². The summed E-state index contributed by atoms with van der Waals surface area (Å²) in [5.74, 6) is -0.459. The molecule has 0 aliphatic carbocycles. The summed E-state index contributed by atoms with van der Waals surface area (Å²) < 4.78 is 5.52. The number of nitrogens with one attached hydrogen (secondary N) is 2. The first-order valence-corrected chi connectivity index (χ1v) is 7.07. The van der Waals surface area contributed by atoms with Gasteiger partial charge in [-0.05, 0) is 31.2 Å². The number of aromatic nitrogens is 1. The van der Waals surface area contributed by atoms with E-state index in [0.29, 0.717) is 22.4 Å². The van der Waals surface area contributed by atoms with Crippen molar-refractivity contribution in [2.24, 2.45) is 0 Å². The van der Waals surface area contributed by atoms with Crippen LogP contribution in [-0.2, 0) is 4.79 Å². The first-order chi connectivity index (χ1) is 11.0. The van der Waals surface area contributed by atoms with Crippen molar-refractivity contribution >= 4 is 34.6 Å². The maximum absolute atomic E-state index is 12.2. The standard InChI is InChI=1S/C17H15N3O3/c1-10-4-3-5-12(8-10)16(22)20-17-19-14-7-6-13(18-11(2)21)9-15(14)23-17/h3-9H,1-2H3,(H,18,21)(H,19,20,22).